The Kier molecular flexibility index (Phi) is 5.64. The summed E-state index contributed by atoms with van der Waals surface area (Å²) in [6, 6.07) is 13.8. The Bertz CT molecular complexity index is 1190. The highest BCUT2D eigenvalue weighted by Gasteiger charge is 2.29. The van der Waals surface area contributed by atoms with E-state index in [0.717, 1.165) is 16.6 Å². The van der Waals surface area contributed by atoms with Crippen LogP contribution in [0.3, 0.4) is 0 Å². The summed E-state index contributed by atoms with van der Waals surface area (Å²) in [7, 11) is -3.60. The van der Waals surface area contributed by atoms with Gasteiger partial charge < -0.3 is 10.2 Å². The van der Waals surface area contributed by atoms with Crippen molar-refractivity contribution in [3.63, 3.8) is 0 Å². The molecule has 30 heavy (non-hydrogen) atoms. The maximum Gasteiger partial charge on any atom is 0.243 e. The van der Waals surface area contributed by atoms with Crippen LogP contribution in [-0.2, 0) is 14.8 Å². The summed E-state index contributed by atoms with van der Waals surface area (Å²) in [5, 5.41) is 4.26. The van der Waals surface area contributed by atoms with Crippen molar-refractivity contribution in [1.82, 2.24) is 9.29 Å². The van der Waals surface area contributed by atoms with Crippen molar-refractivity contribution in [3.8, 4) is 0 Å². The molecule has 0 radical (unpaired) electrons. The second-order valence-corrected chi connectivity index (χ2v) is 9.46. The van der Waals surface area contributed by atoms with Crippen LogP contribution < -0.4 is 10.2 Å². The molecular weight excluding hydrogens is 424 g/mol. The molecule has 0 atom stereocenters. The molecule has 156 valence electrons. The molecule has 4 rings (SSSR count). The van der Waals surface area contributed by atoms with Crippen LogP contribution in [0.4, 0.5) is 11.4 Å². The van der Waals surface area contributed by atoms with E-state index in [2.05, 4.69) is 15.2 Å². The normalized spacial score (nSPS) is 15.3. The van der Waals surface area contributed by atoms with E-state index in [1.807, 2.05) is 24.3 Å². The van der Waals surface area contributed by atoms with Gasteiger partial charge in [0.05, 0.1) is 10.4 Å². The average molecular weight is 445 g/mol. The van der Waals surface area contributed by atoms with Crippen LogP contribution >= 0.6 is 11.6 Å². The first-order valence-corrected chi connectivity index (χ1v) is 11.3. The van der Waals surface area contributed by atoms with Crippen molar-refractivity contribution >= 4 is 49.8 Å². The van der Waals surface area contributed by atoms with E-state index in [0.29, 0.717) is 36.9 Å². The summed E-state index contributed by atoms with van der Waals surface area (Å²) < 4.78 is 27.5. The van der Waals surface area contributed by atoms with E-state index in [9.17, 15) is 13.2 Å². The fourth-order valence-corrected chi connectivity index (χ4v) is 5.20. The van der Waals surface area contributed by atoms with E-state index in [1.165, 1.54) is 23.4 Å². The number of sulfonamides is 1. The zero-order valence-electron chi connectivity index (χ0n) is 16.4. The molecule has 1 aliphatic heterocycles. The minimum absolute atomic E-state index is 0.201. The van der Waals surface area contributed by atoms with Gasteiger partial charge >= 0.3 is 0 Å². The number of anilines is 2. The molecule has 9 heteroatoms. The Morgan fingerprint density at radius 2 is 1.73 bits per heavy atom. The molecule has 1 saturated heterocycles. The number of amides is 1. The fourth-order valence-electron chi connectivity index (χ4n) is 3.61. The van der Waals surface area contributed by atoms with Crippen LogP contribution in [0.25, 0.3) is 10.9 Å². The third-order valence-electron chi connectivity index (χ3n) is 5.07. The first-order chi connectivity index (χ1) is 14.3. The summed E-state index contributed by atoms with van der Waals surface area (Å²) in [6.07, 6.45) is 1.74. The van der Waals surface area contributed by atoms with Crippen molar-refractivity contribution in [2.45, 2.75) is 11.8 Å². The minimum Gasteiger partial charge on any atom is -0.368 e. The molecule has 0 unspecified atom stereocenters. The number of carbonyl (C=O) groups is 1. The average Bonchev–Trinajstić information content (AvgIpc) is 2.73. The summed E-state index contributed by atoms with van der Waals surface area (Å²) in [5.74, 6) is -0.201. The second-order valence-electron chi connectivity index (χ2n) is 7.09. The zero-order valence-corrected chi connectivity index (χ0v) is 17.9. The largest absolute Gasteiger partial charge is 0.368 e. The second kappa shape index (κ2) is 8.22. The number of carbonyl (C=O) groups excluding carboxylic acids is 1. The molecule has 0 aliphatic carbocycles. The summed E-state index contributed by atoms with van der Waals surface area (Å²) in [6.45, 7) is 3.32. The zero-order chi connectivity index (χ0) is 21.3. The molecule has 0 bridgehead atoms. The summed E-state index contributed by atoms with van der Waals surface area (Å²) >= 11 is 6.07. The van der Waals surface area contributed by atoms with E-state index in [-0.39, 0.29) is 10.8 Å². The molecular formula is C21H21ClN4O3S. The molecule has 1 fully saturated rings. The van der Waals surface area contributed by atoms with Gasteiger partial charge in [-0.05, 0) is 48.5 Å². The number of halogens is 1. The number of rotatable bonds is 4. The molecule has 2 heterocycles. The standard InChI is InChI=1S/C21H21ClN4O3S/c1-15(27)24-17-3-5-18(6-4-17)30(28,29)26-12-10-25(11-13-26)21-8-9-23-20-14-16(22)2-7-19(20)21/h2-9,14H,10-13H2,1H3,(H,24,27). The summed E-state index contributed by atoms with van der Waals surface area (Å²) in [5.41, 5.74) is 2.40. The van der Waals surface area contributed by atoms with Crippen molar-refractivity contribution in [2.24, 2.45) is 0 Å². The number of benzene rings is 2. The number of piperazine rings is 1. The number of nitrogens with zero attached hydrogens (tertiary/aromatic N) is 3. The van der Waals surface area contributed by atoms with Gasteiger partial charge in [-0.15, -0.1) is 0 Å². The topological polar surface area (TPSA) is 82.6 Å². The lowest BCUT2D eigenvalue weighted by Crippen LogP contribution is -2.48. The third kappa shape index (κ3) is 4.12. The van der Waals surface area contributed by atoms with Crippen LogP contribution in [0.5, 0.6) is 0 Å². The number of hydrogen-bond donors (Lipinski definition) is 1. The maximum absolute atomic E-state index is 13.0. The number of aromatic nitrogens is 1. The monoisotopic (exact) mass is 444 g/mol. The van der Waals surface area contributed by atoms with Crippen molar-refractivity contribution in [2.75, 3.05) is 36.4 Å². The Hall–Kier alpha value is -2.68. The third-order valence-corrected chi connectivity index (χ3v) is 7.22. The minimum atomic E-state index is -3.60. The van der Waals surface area contributed by atoms with E-state index in [4.69, 9.17) is 11.6 Å². The SMILES string of the molecule is CC(=O)Nc1ccc(S(=O)(=O)N2CCN(c3ccnc4cc(Cl)ccc34)CC2)cc1. The van der Waals surface area contributed by atoms with E-state index >= 15 is 0 Å². The predicted molar refractivity (Wildman–Crippen MR) is 118 cm³/mol. The number of pyridine rings is 1. The van der Waals surface area contributed by atoms with Crippen LogP contribution in [0.1, 0.15) is 6.92 Å². The van der Waals surface area contributed by atoms with E-state index < -0.39 is 10.0 Å². The predicted octanol–water partition coefficient (Wildman–Crippen LogP) is 3.36. The van der Waals surface area contributed by atoms with Gasteiger partial charge in [0, 0.05) is 61.1 Å². The van der Waals surface area contributed by atoms with Crippen LogP contribution in [0.2, 0.25) is 5.02 Å². The summed E-state index contributed by atoms with van der Waals surface area (Å²) in [4.78, 5) is 17.9. The van der Waals surface area contributed by atoms with Crippen LogP contribution in [0.15, 0.2) is 59.6 Å². The Morgan fingerprint density at radius 3 is 2.40 bits per heavy atom. The fraction of sp³-hybridized carbons (Fsp3) is 0.238. The lowest BCUT2D eigenvalue weighted by molar-refractivity contribution is -0.114. The Balaban J connectivity index is 1.50. The van der Waals surface area contributed by atoms with Gasteiger partial charge in [-0.25, -0.2) is 8.42 Å². The van der Waals surface area contributed by atoms with Crippen LogP contribution in [-0.4, -0.2) is 49.8 Å². The Morgan fingerprint density at radius 1 is 1.03 bits per heavy atom. The number of fused-ring (bicyclic) bond motifs is 1. The molecule has 7 nitrogen and oxygen atoms in total. The molecule has 1 aromatic heterocycles. The van der Waals surface area contributed by atoms with Gasteiger partial charge in [0.2, 0.25) is 15.9 Å². The van der Waals surface area contributed by atoms with Gasteiger partial charge in [0.15, 0.2) is 0 Å². The number of nitrogens with one attached hydrogen (secondary N) is 1. The molecule has 1 amide bonds. The smallest absolute Gasteiger partial charge is 0.243 e. The quantitative estimate of drug-likeness (QED) is 0.667. The van der Waals surface area contributed by atoms with Crippen molar-refractivity contribution < 1.29 is 13.2 Å². The van der Waals surface area contributed by atoms with Crippen LogP contribution in [0, 0.1) is 0 Å². The van der Waals surface area contributed by atoms with Gasteiger partial charge in [-0.1, -0.05) is 11.6 Å². The first-order valence-electron chi connectivity index (χ1n) is 9.51. The van der Waals surface area contributed by atoms with E-state index in [1.54, 1.807) is 18.3 Å². The molecule has 1 N–H and O–H groups in total. The van der Waals surface area contributed by atoms with Gasteiger partial charge in [0.1, 0.15) is 0 Å². The van der Waals surface area contributed by atoms with Gasteiger partial charge in [0.25, 0.3) is 0 Å². The maximum atomic E-state index is 13.0. The lowest BCUT2D eigenvalue weighted by atomic mass is 10.1. The molecule has 3 aromatic rings. The number of hydrogen-bond acceptors (Lipinski definition) is 5. The molecule has 0 spiro atoms. The van der Waals surface area contributed by atoms with Crippen molar-refractivity contribution in [3.05, 3.63) is 59.8 Å². The Labute approximate surface area is 180 Å². The highest BCUT2D eigenvalue weighted by atomic mass is 35.5. The molecule has 2 aromatic carbocycles. The highest BCUT2D eigenvalue weighted by molar-refractivity contribution is 7.89. The van der Waals surface area contributed by atoms with Gasteiger partial charge in [-0.3, -0.25) is 9.78 Å². The first kappa shape index (κ1) is 20.6. The van der Waals surface area contributed by atoms with Gasteiger partial charge in [-0.2, -0.15) is 4.31 Å². The molecule has 0 saturated carbocycles. The van der Waals surface area contributed by atoms with Crippen molar-refractivity contribution in [1.29, 1.82) is 0 Å². The highest BCUT2D eigenvalue weighted by Crippen LogP contribution is 2.29. The lowest BCUT2D eigenvalue weighted by Gasteiger charge is -2.35. The molecule has 1 aliphatic rings.